The average molecular weight is 249 g/mol. The van der Waals surface area contributed by atoms with E-state index >= 15 is 0 Å². The van der Waals surface area contributed by atoms with Gasteiger partial charge in [0.2, 0.25) is 0 Å². The van der Waals surface area contributed by atoms with Crippen molar-refractivity contribution in [1.82, 2.24) is 14.8 Å². The molecule has 0 atom stereocenters. The van der Waals surface area contributed by atoms with Crippen LogP contribution in [0.3, 0.4) is 0 Å². The lowest BCUT2D eigenvalue weighted by Gasteiger charge is -2.04. The van der Waals surface area contributed by atoms with Crippen LogP contribution in [0.5, 0.6) is 0 Å². The molecule has 2 aromatic heterocycles. The molecule has 0 aromatic carbocycles. The molecule has 3 N–H and O–H groups in total. The van der Waals surface area contributed by atoms with E-state index in [1.165, 1.54) is 11.8 Å². The van der Waals surface area contributed by atoms with Crippen molar-refractivity contribution in [3.8, 4) is 0 Å². The number of rotatable bonds is 3. The standard InChI is InChI=1S/C10H11N5OS/c1-15-6-7(5-13-15)17-8-3-2-4-12-9(8)10(11)14-16/h2-6,16H,1H3,(H2,11,14). The number of aromatic nitrogens is 3. The van der Waals surface area contributed by atoms with E-state index in [1.807, 2.05) is 19.3 Å². The number of nitrogens with two attached hydrogens (primary N) is 1. The zero-order valence-electron chi connectivity index (χ0n) is 9.11. The summed E-state index contributed by atoms with van der Waals surface area (Å²) in [6.45, 7) is 0. The largest absolute Gasteiger partial charge is 0.409 e. The highest BCUT2D eigenvalue weighted by molar-refractivity contribution is 7.99. The molecule has 0 aliphatic rings. The molecule has 2 rings (SSSR count). The molecular formula is C10H11N5OS. The third-order valence-corrected chi connectivity index (χ3v) is 3.03. The second-order valence-corrected chi connectivity index (χ2v) is 4.40. The number of pyridine rings is 1. The minimum atomic E-state index is -0.00279. The number of nitrogens with zero attached hydrogens (tertiary/aromatic N) is 4. The predicted molar refractivity (Wildman–Crippen MR) is 64.1 cm³/mol. The maximum Gasteiger partial charge on any atom is 0.189 e. The Labute approximate surface area is 102 Å². The van der Waals surface area contributed by atoms with Crippen LogP contribution >= 0.6 is 11.8 Å². The minimum absolute atomic E-state index is 0.00279. The van der Waals surface area contributed by atoms with Crippen LogP contribution in [0.1, 0.15) is 5.69 Å². The van der Waals surface area contributed by atoms with E-state index in [0.717, 1.165) is 9.79 Å². The summed E-state index contributed by atoms with van der Waals surface area (Å²) in [5.41, 5.74) is 6.02. The summed E-state index contributed by atoms with van der Waals surface area (Å²) in [4.78, 5) is 5.87. The summed E-state index contributed by atoms with van der Waals surface area (Å²) >= 11 is 1.46. The van der Waals surface area contributed by atoms with Gasteiger partial charge in [-0.15, -0.1) is 0 Å². The van der Waals surface area contributed by atoms with Gasteiger partial charge in [0.1, 0.15) is 5.69 Å². The Morgan fingerprint density at radius 3 is 3.06 bits per heavy atom. The van der Waals surface area contributed by atoms with Crippen LogP contribution in [-0.2, 0) is 7.05 Å². The maximum absolute atomic E-state index is 8.68. The fraction of sp³-hybridized carbons (Fsp3) is 0.100. The zero-order chi connectivity index (χ0) is 12.3. The van der Waals surface area contributed by atoms with Crippen LogP contribution in [0.25, 0.3) is 0 Å². The summed E-state index contributed by atoms with van der Waals surface area (Å²) in [7, 11) is 1.84. The average Bonchev–Trinajstić information content (AvgIpc) is 2.74. The van der Waals surface area contributed by atoms with Crippen molar-refractivity contribution in [2.45, 2.75) is 9.79 Å². The second-order valence-electron chi connectivity index (χ2n) is 3.29. The molecule has 2 heterocycles. The first-order valence-corrected chi connectivity index (χ1v) is 5.62. The Hall–Kier alpha value is -2.02. The van der Waals surface area contributed by atoms with Crippen molar-refractivity contribution in [3.05, 3.63) is 36.4 Å². The van der Waals surface area contributed by atoms with Gasteiger partial charge in [-0.1, -0.05) is 16.9 Å². The smallest absolute Gasteiger partial charge is 0.189 e. The third kappa shape index (κ3) is 2.56. The zero-order valence-corrected chi connectivity index (χ0v) is 9.92. The summed E-state index contributed by atoms with van der Waals surface area (Å²) in [5, 5.41) is 15.7. The minimum Gasteiger partial charge on any atom is -0.409 e. The van der Waals surface area contributed by atoms with Crippen LogP contribution in [0.4, 0.5) is 0 Å². The molecule has 7 heteroatoms. The van der Waals surface area contributed by atoms with Crippen LogP contribution in [0.2, 0.25) is 0 Å². The van der Waals surface area contributed by atoms with Gasteiger partial charge in [0, 0.05) is 24.3 Å². The monoisotopic (exact) mass is 249 g/mol. The first-order valence-electron chi connectivity index (χ1n) is 4.80. The Morgan fingerprint density at radius 2 is 2.41 bits per heavy atom. The lowest BCUT2D eigenvalue weighted by Crippen LogP contribution is -2.15. The van der Waals surface area contributed by atoms with Gasteiger partial charge in [-0.25, -0.2) is 0 Å². The lowest BCUT2D eigenvalue weighted by molar-refractivity contribution is 0.318. The van der Waals surface area contributed by atoms with Crippen molar-refractivity contribution in [3.63, 3.8) is 0 Å². The van der Waals surface area contributed by atoms with Gasteiger partial charge in [-0.2, -0.15) is 5.10 Å². The fourth-order valence-corrected chi connectivity index (χ4v) is 2.25. The molecule has 0 spiro atoms. The van der Waals surface area contributed by atoms with Gasteiger partial charge in [-0.05, 0) is 12.1 Å². The molecular weight excluding hydrogens is 238 g/mol. The van der Waals surface area contributed by atoms with Crippen LogP contribution < -0.4 is 5.73 Å². The van der Waals surface area contributed by atoms with E-state index < -0.39 is 0 Å². The Morgan fingerprint density at radius 1 is 1.59 bits per heavy atom. The molecule has 0 saturated carbocycles. The van der Waals surface area contributed by atoms with E-state index in [4.69, 9.17) is 10.9 Å². The number of amidine groups is 1. The number of oxime groups is 1. The number of hydrogen-bond acceptors (Lipinski definition) is 5. The third-order valence-electron chi connectivity index (χ3n) is 2.03. The number of aryl methyl sites for hydroxylation is 1. The highest BCUT2D eigenvalue weighted by Gasteiger charge is 2.10. The Kier molecular flexibility index (Phi) is 3.29. The van der Waals surface area contributed by atoms with Gasteiger partial charge in [0.25, 0.3) is 0 Å². The normalized spacial score (nSPS) is 11.7. The highest BCUT2D eigenvalue weighted by Crippen LogP contribution is 2.28. The SMILES string of the molecule is Cn1cc(Sc2cccnc2/C(N)=N/O)cn1. The number of hydrogen-bond donors (Lipinski definition) is 2. The van der Waals surface area contributed by atoms with E-state index in [9.17, 15) is 0 Å². The summed E-state index contributed by atoms with van der Waals surface area (Å²) in [5.74, 6) is -0.00279. The molecule has 0 saturated heterocycles. The van der Waals surface area contributed by atoms with Gasteiger partial charge in [-0.3, -0.25) is 9.67 Å². The van der Waals surface area contributed by atoms with Crippen molar-refractivity contribution >= 4 is 17.6 Å². The molecule has 17 heavy (non-hydrogen) atoms. The molecule has 0 amide bonds. The van der Waals surface area contributed by atoms with E-state index in [0.29, 0.717) is 5.69 Å². The molecule has 88 valence electrons. The van der Waals surface area contributed by atoms with Gasteiger partial charge in [0.05, 0.1) is 11.1 Å². The molecule has 0 unspecified atom stereocenters. The molecule has 0 bridgehead atoms. The van der Waals surface area contributed by atoms with E-state index in [1.54, 1.807) is 23.1 Å². The van der Waals surface area contributed by atoms with Gasteiger partial charge in [0.15, 0.2) is 5.84 Å². The quantitative estimate of drug-likeness (QED) is 0.367. The molecule has 0 fully saturated rings. The van der Waals surface area contributed by atoms with Gasteiger partial charge >= 0.3 is 0 Å². The topological polar surface area (TPSA) is 89.3 Å². The van der Waals surface area contributed by atoms with Crippen molar-refractivity contribution in [1.29, 1.82) is 0 Å². The summed E-state index contributed by atoms with van der Waals surface area (Å²) < 4.78 is 1.71. The molecule has 0 aliphatic carbocycles. The maximum atomic E-state index is 8.68. The fourth-order valence-electron chi connectivity index (χ4n) is 1.29. The van der Waals surface area contributed by atoms with E-state index in [2.05, 4.69) is 15.2 Å². The first kappa shape index (κ1) is 11.5. The summed E-state index contributed by atoms with van der Waals surface area (Å²) in [6, 6.07) is 3.66. The highest BCUT2D eigenvalue weighted by atomic mass is 32.2. The first-order chi connectivity index (χ1) is 8.20. The predicted octanol–water partition coefficient (Wildman–Crippen LogP) is 1.06. The Bertz CT molecular complexity index is 551. The van der Waals surface area contributed by atoms with Gasteiger partial charge < -0.3 is 10.9 Å². The van der Waals surface area contributed by atoms with Crippen LogP contribution in [0.15, 0.2) is 45.7 Å². The van der Waals surface area contributed by atoms with Crippen molar-refractivity contribution in [2.24, 2.45) is 17.9 Å². The lowest BCUT2D eigenvalue weighted by atomic mass is 10.3. The van der Waals surface area contributed by atoms with Crippen LogP contribution in [-0.4, -0.2) is 25.8 Å². The Balaban J connectivity index is 2.32. The van der Waals surface area contributed by atoms with Crippen molar-refractivity contribution in [2.75, 3.05) is 0 Å². The molecule has 0 aliphatic heterocycles. The molecule has 0 radical (unpaired) electrons. The summed E-state index contributed by atoms with van der Waals surface area (Å²) in [6.07, 6.45) is 5.22. The van der Waals surface area contributed by atoms with Crippen molar-refractivity contribution < 1.29 is 5.21 Å². The van der Waals surface area contributed by atoms with E-state index in [-0.39, 0.29) is 5.84 Å². The molecule has 6 nitrogen and oxygen atoms in total. The van der Waals surface area contributed by atoms with Crippen LogP contribution in [0, 0.1) is 0 Å². The second kappa shape index (κ2) is 4.88. The molecule has 2 aromatic rings.